The molecular formula is C14H12BrNO4. The van der Waals surface area contributed by atoms with E-state index < -0.39 is 18.0 Å². The Balaban J connectivity index is 1.92. The lowest BCUT2D eigenvalue weighted by atomic mass is 10.3. The minimum absolute atomic E-state index is 0.0632. The third-order valence-electron chi connectivity index (χ3n) is 2.49. The molecule has 104 valence electrons. The molecular weight excluding hydrogens is 326 g/mol. The number of ether oxygens (including phenoxy) is 1. The van der Waals surface area contributed by atoms with Gasteiger partial charge >= 0.3 is 5.97 Å². The molecule has 0 spiro atoms. The Hall–Kier alpha value is -2.08. The molecule has 1 heterocycles. The molecule has 2 rings (SSSR count). The number of furan rings is 1. The average molecular weight is 338 g/mol. The third-order valence-corrected chi connectivity index (χ3v) is 3.02. The Labute approximate surface area is 124 Å². The van der Waals surface area contributed by atoms with Gasteiger partial charge in [0.25, 0.3) is 5.91 Å². The van der Waals surface area contributed by atoms with E-state index in [9.17, 15) is 9.59 Å². The average Bonchev–Trinajstić information content (AvgIpc) is 2.95. The monoisotopic (exact) mass is 337 g/mol. The molecule has 1 amide bonds. The molecule has 1 aromatic heterocycles. The van der Waals surface area contributed by atoms with Crippen molar-refractivity contribution in [1.29, 1.82) is 0 Å². The van der Waals surface area contributed by atoms with Crippen LogP contribution >= 0.6 is 15.9 Å². The van der Waals surface area contributed by atoms with Gasteiger partial charge in [0.1, 0.15) is 0 Å². The minimum Gasteiger partial charge on any atom is -0.457 e. The lowest BCUT2D eigenvalue weighted by molar-refractivity contribution is -0.123. The van der Waals surface area contributed by atoms with Crippen LogP contribution in [0, 0.1) is 0 Å². The van der Waals surface area contributed by atoms with E-state index in [1.165, 1.54) is 19.3 Å². The summed E-state index contributed by atoms with van der Waals surface area (Å²) in [5, 5.41) is 2.65. The standard InChI is InChI=1S/C14H12BrNO4/c1-9(20-14(18)12-3-2-8-19-12)13(17)16-11-6-4-10(15)5-7-11/h2-9H,1H3,(H,16,17)/t9-/m1/s1. The molecule has 2 aromatic rings. The largest absolute Gasteiger partial charge is 0.457 e. The number of amides is 1. The zero-order chi connectivity index (χ0) is 14.5. The zero-order valence-corrected chi connectivity index (χ0v) is 12.2. The molecule has 0 aliphatic rings. The van der Waals surface area contributed by atoms with Crippen molar-refractivity contribution in [2.45, 2.75) is 13.0 Å². The topological polar surface area (TPSA) is 68.5 Å². The van der Waals surface area contributed by atoms with Crippen LogP contribution in [0.2, 0.25) is 0 Å². The van der Waals surface area contributed by atoms with E-state index >= 15 is 0 Å². The summed E-state index contributed by atoms with van der Waals surface area (Å²) < 4.78 is 10.8. The summed E-state index contributed by atoms with van der Waals surface area (Å²) in [5.74, 6) is -1.02. The molecule has 20 heavy (non-hydrogen) atoms. The van der Waals surface area contributed by atoms with Crippen LogP contribution in [-0.2, 0) is 9.53 Å². The van der Waals surface area contributed by atoms with Crippen molar-refractivity contribution in [1.82, 2.24) is 0 Å². The summed E-state index contributed by atoms with van der Waals surface area (Å²) >= 11 is 3.30. The molecule has 0 aliphatic carbocycles. The fourth-order valence-electron chi connectivity index (χ4n) is 1.44. The first-order chi connectivity index (χ1) is 9.56. The van der Waals surface area contributed by atoms with Gasteiger partial charge in [-0.05, 0) is 43.3 Å². The van der Waals surface area contributed by atoms with Gasteiger partial charge in [-0.1, -0.05) is 15.9 Å². The molecule has 1 N–H and O–H groups in total. The Kier molecular flexibility index (Phi) is 4.57. The van der Waals surface area contributed by atoms with Crippen LogP contribution in [0.5, 0.6) is 0 Å². The minimum atomic E-state index is -0.920. The number of benzene rings is 1. The highest BCUT2D eigenvalue weighted by Crippen LogP contribution is 2.14. The highest BCUT2D eigenvalue weighted by atomic mass is 79.9. The highest BCUT2D eigenvalue weighted by Gasteiger charge is 2.20. The number of rotatable bonds is 4. The van der Waals surface area contributed by atoms with E-state index in [2.05, 4.69) is 21.2 Å². The number of carbonyl (C=O) groups excluding carboxylic acids is 2. The molecule has 1 aromatic carbocycles. The van der Waals surface area contributed by atoms with E-state index in [1.807, 2.05) is 0 Å². The number of anilines is 1. The first-order valence-corrected chi connectivity index (χ1v) is 6.66. The Morgan fingerprint density at radius 1 is 1.25 bits per heavy atom. The Morgan fingerprint density at radius 3 is 2.55 bits per heavy atom. The number of hydrogen-bond donors (Lipinski definition) is 1. The maximum atomic E-state index is 11.9. The summed E-state index contributed by atoms with van der Waals surface area (Å²) in [4.78, 5) is 23.5. The summed E-state index contributed by atoms with van der Waals surface area (Å²) in [5.41, 5.74) is 0.624. The molecule has 1 atom stereocenters. The van der Waals surface area contributed by atoms with Crippen LogP contribution in [0.3, 0.4) is 0 Å². The SMILES string of the molecule is C[C@@H](OC(=O)c1ccco1)C(=O)Nc1ccc(Br)cc1. The van der Waals surface area contributed by atoms with Gasteiger partial charge in [0.15, 0.2) is 6.10 Å². The van der Waals surface area contributed by atoms with Crippen LogP contribution in [0.1, 0.15) is 17.5 Å². The van der Waals surface area contributed by atoms with Crippen molar-refractivity contribution in [3.05, 3.63) is 52.9 Å². The van der Waals surface area contributed by atoms with Crippen molar-refractivity contribution in [2.75, 3.05) is 5.32 Å². The summed E-state index contributed by atoms with van der Waals surface area (Å²) in [6.07, 6.45) is 0.444. The number of esters is 1. The van der Waals surface area contributed by atoms with Crippen molar-refractivity contribution in [2.24, 2.45) is 0 Å². The second kappa shape index (κ2) is 6.38. The maximum Gasteiger partial charge on any atom is 0.374 e. The van der Waals surface area contributed by atoms with Crippen LogP contribution in [0.4, 0.5) is 5.69 Å². The third kappa shape index (κ3) is 3.71. The quantitative estimate of drug-likeness (QED) is 0.869. The van der Waals surface area contributed by atoms with Crippen molar-refractivity contribution < 1.29 is 18.7 Å². The van der Waals surface area contributed by atoms with Gasteiger partial charge in [-0.15, -0.1) is 0 Å². The summed E-state index contributed by atoms with van der Waals surface area (Å²) in [6, 6.07) is 10.1. The molecule has 0 radical (unpaired) electrons. The van der Waals surface area contributed by atoms with E-state index in [-0.39, 0.29) is 5.76 Å². The lowest BCUT2D eigenvalue weighted by Crippen LogP contribution is -2.29. The van der Waals surface area contributed by atoms with Gasteiger partial charge < -0.3 is 14.5 Å². The van der Waals surface area contributed by atoms with E-state index in [0.29, 0.717) is 5.69 Å². The van der Waals surface area contributed by atoms with Gasteiger partial charge in [0.05, 0.1) is 6.26 Å². The van der Waals surface area contributed by atoms with Crippen LogP contribution < -0.4 is 5.32 Å². The summed E-state index contributed by atoms with van der Waals surface area (Å²) in [7, 11) is 0. The number of carbonyl (C=O) groups is 2. The van der Waals surface area contributed by atoms with Gasteiger partial charge in [0.2, 0.25) is 5.76 Å². The van der Waals surface area contributed by atoms with Crippen molar-refractivity contribution in [3.8, 4) is 0 Å². The molecule has 0 saturated carbocycles. The number of halogens is 1. The smallest absolute Gasteiger partial charge is 0.374 e. The van der Waals surface area contributed by atoms with Gasteiger partial charge in [0, 0.05) is 10.2 Å². The molecule has 5 nitrogen and oxygen atoms in total. The maximum absolute atomic E-state index is 11.9. The first kappa shape index (κ1) is 14.3. The Bertz CT molecular complexity index is 592. The molecule has 0 aliphatic heterocycles. The molecule has 0 bridgehead atoms. The second-order valence-electron chi connectivity index (χ2n) is 4.02. The molecule has 0 unspecified atom stereocenters. The fourth-order valence-corrected chi connectivity index (χ4v) is 1.71. The van der Waals surface area contributed by atoms with E-state index in [4.69, 9.17) is 9.15 Å². The lowest BCUT2D eigenvalue weighted by Gasteiger charge is -2.12. The van der Waals surface area contributed by atoms with Crippen LogP contribution in [0.15, 0.2) is 51.6 Å². The number of nitrogens with one attached hydrogen (secondary N) is 1. The van der Waals surface area contributed by atoms with E-state index in [0.717, 1.165) is 4.47 Å². The van der Waals surface area contributed by atoms with Crippen LogP contribution in [0.25, 0.3) is 0 Å². The van der Waals surface area contributed by atoms with Crippen LogP contribution in [-0.4, -0.2) is 18.0 Å². The second-order valence-corrected chi connectivity index (χ2v) is 4.94. The normalized spacial score (nSPS) is 11.7. The van der Waals surface area contributed by atoms with Crippen molar-refractivity contribution >= 4 is 33.5 Å². The van der Waals surface area contributed by atoms with E-state index in [1.54, 1.807) is 30.3 Å². The Morgan fingerprint density at radius 2 is 1.95 bits per heavy atom. The predicted molar refractivity (Wildman–Crippen MR) is 76.4 cm³/mol. The fraction of sp³-hybridized carbons (Fsp3) is 0.143. The van der Waals surface area contributed by atoms with Crippen molar-refractivity contribution in [3.63, 3.8) is 0 Å². The zero-order valence-electron chi connectivity index (χ0n) is 10.6. The van der Waals surface area contributed by atoms with Gasteiger partial charge in [-0.3, -0.25) is 4.79 Å². The molecule has 6 heteroatoms. The van der Waals surface area contributed by atoms with Gasteiger partial charge in [-0.25, -0.2) is 4.79 Å². The highest BCUT2D eigenvalue weighted by molar-refractivity contribution is 9.10. The molecule has 0 fully saturated rings. The summed E-state index contributed by atoms with van der Waals surface area (Å²) in [6.45, 7) is 1.50. The first-order valence-electron chi connectivity index (χ1n) is 5.87. The van der Waals surface area contributed by atoms with Gasteiger partial charge in [-0.2, -0.15) is 0 Å². The number of hydrogen-bond acceptors (Lipinski definition) is 4. The molecule has 0 saturated heterocycles. The predicted octanol–water partition coefficient (Wildman–Crippen LogP) is 3.23.